The summed E-state index contributed by atoms with van der Waals surface area (Å²) in [4.78, 5) is 0. The minimum Gasteiger partial charge on any atom is -0.0827 e. The zero-order valence-electron chi connectivity index (χ0n) is 28.6. The van der Waals surface area contributed by atoms with E-state index in [4.69, 9.17) is 0 Å². The first kappa shape index (κ1) is 43.0. The van der Waals surface area contributed by atoms with Crippen LogP contribution >= 0.6 is 0 Å². The average molecular weight is 519 g/mol. The van der Waals surface area contributed by atoms with Gasteiger partial charge in [-0.1, -0.05) is 188 Å². The summed E-state index contributed by atoms with van der Waals surface area (Å²) < 4.78 is 0. The van der Waals surface area contributed by atoms with Crippen LogP contribution in [0.3, 0.4) is 0 Å². The molecule has 0 aliphatic heterocycles. The molecule has 1 aliphatic carbocycles. The van der Waals surface area contributed by atoms with Gasteiger partial charge < -0.3 is 0 Å². The summed E-state index contributed by atoms with van der Waals surface area (Å²) in [6, 6.07) is 8.82. The first-order valence-electron chi connectivity index (χ1n) is 16.4. The van der Waals surface area contributed by atoms with Gasteiger partial charge in [0.25, 0.3) is 0 Å². The monoisotopic (exact) mass is 519 g/mol. The van der Waals surface area contributed by atoms with E-state index >= 15 is 0 Å². The summed E-state index contributed by atoms with van der Waals surface area (Å²) in [5.41, 5.74) is 4.17. The molecule has 0 heterocycles. The van der Waals surface area contributed by atoms with E-state index in [0.717, 1.165) is 18.3 Å². The molecule has 0 radical (unpaired) electrons. The molecule has 0 heteroatoms. The number of aryl methyl sites for hydroxylation is 1. The Bertz CT molecular complexity index is 514. The smallest absolute Gasteiger partial charge is 0.0218 e. The van der Waals surface area contributed by atoms with Gasteiger partial charge in [0.2, 0.25) is 0 Å². The van der Waals surface area contributed by atoms with Crippen molar-refractivity contribution >= 4 is 0 Å². The summed E-state index contributed by atoms with van der Waals surface area (Å²) in [6.07, 6.45) is 18.7. The van der Waals surface area contributed by atoms with Gasteiger partial charge in [0, 0.05) is 0 Å². The van der Waals surface area contributed by atoms with Crippen molar-refractivity contribution in [1.82, 2.24) is 0 Å². The van der Waals surface area contributed by atoms with Crippen molar-refractivity contribution in [3.05, 3.63) is 47.0 Å². The summed E-state index contributed by atoms with van der Waals surface area (Å²) in [5.74, 6) is 2.74. The van der Waals surface area contributed by atoms with E-state index in [2.05, 4.69) is 113 Å². The Morgan fingerprint density at radius 3 is 1.38 bits per heavy atom. The Labute approximate surface area is 238 Å². The normalized spacial score (nSPS) is 11.9. The highest BCUT2D eigenvalue weighted by Gasteiger charge is 2.17. The lowest BCUT2D eigenvalue weighted by molar-refractivity contribution is 0.480. The average Bonchev–Trinajstić information content (AvgIpc) is 3.72. The standard InChI is InChI=1S/C14H20.C8H18.C5H10.2C4H10.C2H6/c1-11(2)9-13(4)10-14-7-5-12(3)6-8-14;1-4-6-8(3)7-5-2;1-2-5-3-4-5;2*1-3-4-2;1-2/h5-9,13H,10H2,1-4H3;8H,4-7H2,1-3H3;5H,2-4H2,1H3;2*3-4H2,1-2H3;1-2H3. The van der Waals surface area contributed by atoms with Gasteiger partial charge in [-0.25, -0.2) is 0 Å². The predicted octanol–water partition coefficient (Wildman–Crippen LogP) is 13.8. The third-order valence-electron chi connectivity index (χ3n) is 6.13. The molecule has 0 spiro atoms. The molecule has 1 aromatic rings. The van der Waals surface area contributed by atoms with Crippen LogP contribution in [0.15, 0.2) is 35.9 Å². The Hall–Kier alpha value is -1.04. The molecular formula is C37H74. The second-order valence-electron chi connectivity index (χ2n) is 10.9. The summed E-state index contributed by atoms with van der Waals surface area (Å²) in [6.45, 7) is 30.6. The number of hydrogen-bond acceptors (Lipinski definition) is 0. The van der Waals surface area contributed by atoms with E-state index in [1.807, 2.05) is 13.8 Å². The maximum atomic E-state index is 2.34. The number of unbranched alkanes of at least 4 members (excludes halogenated alkanes) is 2. The van der Waals surface area contributed by atoms with Crippen LogP contribution in [-0.4, -0.2) is 0 Å². The molecule has 0 bridgehead atoms. The van der Waals surface area contributed by atoms with E-state index in [1.165, 1.54) is 87.3 Å². The van der Waals surface area contributed by atoms with Crippen molar-refractivity contribution in [3.8, 4) is 0 Å². The van der Waals surface area contributed by atoms with Crippen LogP contribution in [0.2, 0.25) is 0 Å². The zero-order chi connectivity index (χ0) is 29.5. The van der Waals surface area contributed by atoms with E-state index in [-0.39, 0.29) is 0 Å². The van der Waals surface area contributed by atoms with Crippen molar-refractivity contribution in [2.45, 2.75) is 174 Å². The third-order valence-corrected chi connectivity index (χ3v) is 6.13. The molecule has 0 saturated heterocycles. The second kappa shape index (κ2) is 35.0. The van der Waals surface area contributed by atoms with Crippen molar-refractivity contribution in [1.29, 1.82) is 0 Å². The molecule has 0 amide bonds. The summed E-state index contributed by atoms with van der Waals surface area (Å²) >= 11 is 0. The Kier molecular flexibility index (Phi) is 40.7. The second-order valence-corrected chi connectivity index (χ2v) is 10.9. The van der Waals surface area contributed by atoms with Crippen LogP contribution in [0.4, 0.5) is 0 Å². The minimum atomic E-state index is 0.641. The highest BCUT2D eigenvalue weighted by atomic mass is 14.2. The Morgan fingerprint density at radius 2 is 1.14 bits per heavy atom. The molecule has 0 aromatic heterocycles. The van der Waals surface area contributed by atoms with Gasteiger partial charge in [0.1, 0.15) is 0 Å². The first-order valence-corrected chi connectivity index (χ1v) is 16.4. The van der Waals surface area contributed by atoms with E-state index in [9.17, 15) is 0 Å². The van der Waals surface area contributed by atoms with Gasteiger partial charge in [0.05, 0.1) is 0 Å². The number of benzene rings is 1. The predicted molar refractivity (Wildman–Crippen MR) is 178 cm³/mol. The van der Waals surface area contributed by atoms with Crippen molar-refractivity contribution in [2.24, 2.45) is 17.8 Å². The lowest BCUT2D eigenvalue weighted by Gasteiger charge is -2.07. The molecular weight excluding hydrogens is 444 g/mol. The fourth-order valence-electron chi connectivity index (χ4n) is 3.38. The van der Waals surface area contributed by atoms with Crippen molar-refractivity contribution in [3.63, 3.8) is 0 Å². The van der Waals surface area contributed by atoms with Gasteiger partial charge in [-0.2, -0.15) is 0 Å². The molecule has 0 N–H and O–H groups in total. The lowest BCUT2D eigenvalue weighted by Crippen LogP contribution is -1.96. The van der Waals surface area contributed by atoms with Gasteiger partial charge >= 0.3 is 0 Å². The number of rotatable bonds is 10. The van der Waals surface area contributed by atoms with E-state index < -0.39 is 0 Å². The summed E-state index contributed by atoms with van der Waals surface area (Å²) in [5, 5.41) is 0. The number of hydrogen-bond donors (Lipinski definition) is 0. The fraction of sp³-hybridized carbons (Fsp3) is 0.784. The molecule has 1 fully saturated rings. The van der Waals surface area contributed by atoms with Gasteiger partial charge in [-0.3, -0.25) is 0 Å². The number of allylic oxidation sites excluding steroid dienone is 2. The van der Waals surface area contributed by atoms with Crippen molar-refractivity contribution in [2.75, 3.05) is 0 Å². The quantitative estimate of drug-likeness (QED) is 0.270. The van der Waals surface area contributed by atoms with Crippen LogP contribution < -0.4 is 0 Å². The lowest BCUT2D eigenvalue weighted by atomic mass is 9.98. The molecule has 1 aliphatic rings. The van der Waals surface area contributed by atoms with Gasteiger partial charge in [-0.05, 0) is 50.5 Å². The third kappa shape index (κ3) is 42.3. The molecule has 37 heavy (non-hydrogen) atoms. The minimum absolute atomic E-state index is 0.641. The molecule has 1 saturated carbocycles. The van der Waals surface area contributed by atoms with E-state index in [1.54, 1.807) is 0 Å². The molecule has 1 atom stereocenters. The van der Waals surface area contributed by atoms with Crippen molar-refractivity contribution < 1.29 is 0 Å². The summed E-state index contributed by atoms with van der Waals surface area (Å²) in [7, 11) is 0. The van der Waals surface area contributed by atoms with Crippen LogP contribution in [0.1, 0.15) is 172 Å². The molecule has 1 aromatic carbocycles. The fourth-order valence-corrected chi connectivity index (χ4v) is 3.38. The topological polar surface area (TPSA) is 0 Å². The van der Waals surface area contributed by atoms with E-state index in [0.29, 0.717) is 5.92 Å². The Morgan fingerprint density at radius 1 is 0.730 bits per heavy atom. The SMILES string of the molecule is CC.CC(C)=CC(C)Cc1ccc(C)cc1.CCC1CC1.CCCC.CCCC.CCCC(C)CCC. The molecule has 2 rings (SSSR count). The molecule has 1 unspecified atom stereocenters. The highest BCUT2D eigenvalue weighted by molar-refractivity contribution is 5.22. The van der Waals surface area contributed by atoms with Crippen LogP contribution in [-0.2, 0) is 6.42 Å². The highest BCUT2D eigenvalue weighted by Crippen LogP contribution is 2.31. The van der Waals surface area contributed by atoms with Gasteiger partial charge in [0.15, 0.2) is 0 Å². The van der Waals surface area contributed by atoms with Crippen LogP contribution in [0.25, 0.3) is 0 Å². The van der Waals surface area contributed by atoms with Gasteiger partial charge in [-0.15, -0.1) is 0 Å². The zero-order valence-corrected chi connectivity index (χ0v) is 28.6. The largest absolute Gasteiger partial charge is 0.0827 e. The molecule has 0 nitrogen and oxygen atoms in total. The van der Waals surface area contributed by atoms with Crippen LogP contribution in [0, 0.1) is 24.7 Å². The van der Waals surface area contributed by atoms with Crippen LogP contribution in [0.5, 0.6) is 0 Å². The first-order chi connectivity index (χ1) is 17.6. The molecule has 222 valence electrons. The maximum absolute atomic E-state index is 2.34. The Balaban J connectivity index is -0.000000201. The maximum Gasteiger partial charge on any atom is -0.0218 e.